The number of hydrogen-bond acceptors (Lipinski definition) is 0. The first-order valence-electron chi connectivity index (χ1n) is 28.9. The first-order valence-corrected chi connectivity index (χ1v) is 28.9. The molecule has 70 heavy (non-hydrogen) atoms. The maximum absolute atomic E-state index is 12.7. The maximum atomic E-state index is 12.7. The largest absolute Gasteiger partial charge is 2.00 e. The van der Waals surface area contributed by atoms with Crippen LogP contribution in [0.25, 0.3) is 16.9 Å². The average molecular weight is 996 g/mol. The number of aryl methyl sites for hydroxylation is 2. The van der Waals surface area contributed by atoms with Gasteiger partial charge in [-0.1, -0.05) is 225 Å². The monoisotopic (exact) mass is 995 g/mol. The smallest absolute Gasteiger partial charge is 0.493 e. The van der Waals surface area contributed by atoms with E-state index in [1.165, 1.54) is 164 Å². The van der Waals surface area contributed by atoms with Crippen molar-refractivity contribution in [3.63, 3.8) is 0 Å². The molecule has 2 aromatic rings. The molecule has 0 saturated carbocycles. The van der Waals surface area contributed by atoms with E-state index in [2.05, 4.69) is 128 Å². The number of allylic oxidation sites excluding steroid dienone is 2. The Bertz CT molecular complexity index is 1800. The van der Waals surface area contributed by atoms with Gasteiger partial charge in [0.15, 0.2) is 0 Å². The van der Waals surface area contributed by atoms with Gasteiger partial charge in [0.2, 0.25) is 11.4 Å². The van der Waals surface area contributed by atoms with Crippen LogP contribution in [0, 0.1) is 62.2 Å². The van der Waals surface area contributed by atoms with Gasteiger partial charge >= 0.3 is 16.5 Å². The standard InChI is InChI=1S/C55H78N2.2C6H13.Ni/c1-7-13-17-21-22-23-27-41-53-52(40-26-20-16-10-4)54(50-38-30-28-36-48(50)44-42-46(32-11-5)34-24-18-14-8-2)57(56)55(53)51-39-31-29-37-49(51)45-43-47(33-12-6)35-25-19-15-9-3;2*1-3-5-6-4-2;/h5-6,28-31,36-39,46-47H,7-10,13-26,32-35,40,42-45H2,1-4H3;2*1,3-6H2,2H3;/q;2*-1;+2. The topological polar surface area (TPSA) is 25.3 Å². The van der Waals surface area contributed by atoms with Crippen molar-refractivity contribution in [1.29, 1.82) is 0 Å². The normalized spacial score (nSPS) is 12.7. The average Bonchev–Trinajstić information content (AvgIpc) is 3.64. The predicted octanol–water partition coefficient (Wildman–Crippen LogP) is 21.1. The third-order valence-corrected chi connectivity index (χ3v) is 13.8. The third kappa shape index (κ3) is 28.7. The van der Waals surface area contributed by atoms with Crippen molar-refractivity contribution in [3.05, 3.63) is 101 Å². The van der Waals surface area contributed by atoms with Crippen molar-refractivity contribution >= 4 is 11.4 Å². The Morgan fingerprint density at radius 1 is 0.486 bits per heavy atom. The molecule has 0 saturated heterocycles. The predicted molar refractivity (Wildman–Crippen MR) is 307 cm³/mol. The van der Waals surface area contributed by atoms with Gasteiger partial charge in [-0.25, -0.2) is 4.70 Å². The summed E-state index contributed by atoms with van der Waals surface area (Å²) in [6, 6.07) is 17.6. The van der Waals surface area contributed by atoms with E-state index in [4.69, 9.17) is 12.8 Å². The second-order valence-corrected chi connectivity index (χ2v) is 19.9. The van der Waals surface area contributed by atoms with E-state index >= 15 is 0 Å². The Kier molecular flexibility index (Phi) is 44.5. The summed E-state index contributed by atoms with van der Waals surface area (Å²) in [5.74, 6) is 14.4. The fourth-order valence-corrected chi connectivity index (χ4v) is 9.47. The molecule has 2 aromatic carbocycles. The molecule has 0 radical (unpaired) electrons. The second kappa shape index (κ2) is 46.7. The van der Waals surface area contributed by atoms with Crippen LogP contribution in [0.2, 0.25) is 0 Å². The molecule has 1 aliphatic heterocycles. The maximum Gasteiger partial charge on any atom is 2.00 e. The summed E-state index contributed by atoms with van der Waals surface area (Å²) in [6.07, 6.45) is 52.6. The summed E-state index contributed by atoms with van der Waals surface area (Å²) in [5.41, 5.74) is 21.5. The van der Waals surface area contributed by atoms with E-state index in [0.717, 1.165) is 105 Å². The molecule has 3 rings (SSSR count). The van der Waals surface area contributed by atoms with Crippen molar-refractivity contribution in [2.24, 2.45) is 11.8 Å². The quantitative estimate of drug-likeness (QED) is 0.0214. The number of terminal acetylenes is 2. The van der Waals surface area contributed by atoms with E-state index in [-0.39, 0.29) is 16.5 Å². The molecule has 0 N–H and O–H groups in total. The van der Waals surface area contributed by atoms with Crippen LogP contribution >= 0.6 is 0 Å². The molecule has 0 aromatic heterocycles. The van der Waals surface area contributed by atoms with Crippen LogP contribution in [0.1, 0.15) is 276 Å². The van der Waals surface area contributed by atoms with E-state index in [1.807, 2.05) is 0 Å². The number of unbranched alkanes of at least 4 members (excludes halogenated alkanes) is 20. The van der Waals surface area contributed by atoms with Crippen LogP contribution in [0.5, 0.6) is 0 Å². The Balaban J connectivity index is 0.00000324. The fourth-order valence-electron chi connectivity index (χ4n) is 9.47. The molecule has 3 heteroatoms. The first-order chi connectivity index (χ1) is 33.9. The Morgan fingerprint density at radius 2 is 0.886 bits per heavy atom. The third-order valence-electron chi connectivity index (χ3n) is 13.8. The molecule has 2 atom stereocenters. The molecule has 1 heterocycles. The molecular weight excluding hydrogens is 891 g/mol. The summed E-state index contributed by atoms with van der Waals surface area (Å²) in [4.78, 5) is 0. The minimum atomic E-state index is 0. The van der Waals surface area contributed by atoms with Crippen LogP contribution in [-0.2, 0) is 29.3 Å². The van der Waals surface area contributed by atoms with Gasteiger partial charge in [-0.05, 0) is 92.9 Å². The summed E-state index contributed by atoms with van der Waals surface area (Å²) < 4.78 is 1.55. The Labute approximate surface area is 446 Å². The van der Waals surface area contributed by atoms with Gasteiger partial charge in [0, 0.05) is 30.4 Å². The van der Waals surface area contributed by atoms with Gasteiger partial charge in [0.05, 0.1) is 5.56 Å². The van der Waals surface area contributed by atoms with Crippen molar-refractivity contribution in [3.8, 4) is 36.5 Å². The Morgan fingerprint density at radius 3 is 1.31 bits per heavy atom. The van der Waals surface area contributed by atoms with Crippen LogP contribution in [0.4, 0.5) is 0 Å². The summed E-state index contributed by atoms with van der Waals surface area (Å²) in [7, 11) is 0. The van der Waals surface area contributed by atoms with Crippen LogP contribution in [0.15, 0.2) is 59.7 Å². The van der Waals surface area contributed by atoms with E-state index in [1.54, 1.807) is 4.70 Å². The zero-order valence-electron chi connectivity index (χ0n) is 46.3. The van der Waals surface area contributed by atoms with Gasteiger partial charge in [-0.3, -0.25) is 0 Å². The number of rotatable bonds is 36. The van der Waals surface area contributed by atoms with Crippen LogP contribution < -0.4 is 0 Å². The molecule has 2 nitrogen and oxygen atoms in total. The van der Waals surface area contributed by atoms with E-state index < -0.39 is 0 Å². The van der Waals surface area contributed by atoms with Crippen molar-refractivity contribution in [1.82, 2.24) is 0 Å². The zero-order valence-corrected chi connectivity index (χ0v) is 47.3. The molecule has 0 fully saturated rings. The molecular formula is C67H104N2Ni. The zero-order chi connectivity index (χ0) is 50.6. The van der Waals surface area contributed by atoms with Gasteiger partial charge in [-0.15, -0.1) is 24.7 Å². The number of hydrogen-bond donors (Lipinski definition) is 0. The van der Waals surface area contributed by atoms with Gasteiger partial charge in [0.1, 0.15) is 5.57 Å². The molecule has 0 bridgehead atoms. The van der Waals surface area contributed by atoms with Crippen molar-refractivity contribution in [2.45, 2.75) is 266 Å². The number of nitrogens with zero attached hydrogens (tertiary/aromatic N) is 2. The van der Waals surface area contributed by atoms with E-state index in [0.29, 0.717) is 11.8 Å². The molecule has 0 aliphatic carbocycles. The van der Waals surface area contributed by atoms with Gasteiger partial charge in [-0.2, -0.15) is 12.8 Å². The van der Waals surface area contributed by atoms with Crippen molar-refractivity contribution < 1.29 is 21.2 Å². The summed E-state index contributed by atoms with van der Waals surface area (Å²) in [6.45, 7) is 20.9. The van der Waals surface area contributed by atoms with Gasteiger partial charge in [0.25, 0.3) is 0 Å². The minimum absolute atomic E-state index is 0. The van der Waals surface area contributed by atoms with Crippen LogP contribution in [-0.4, -0.2) is 4.70 Å². The summed E-state index contributed by atoms with van der Waals surface area (Å²) in [5, 5.41) is 0. The molecule has 0 spiro atoms. The first kappa shape index (κ1) is 66.7. The Hall–Kier alpha value is -3.31. The second-order valence-electron chi connectivity index (χ2n) is 19.9. The van der Waals surface area contributed by atoms with E-state index in [9.17, 15) is 5.53 Å². The van der Waals surface area contributed by atoms with Crippen molar-refractivity contribution in [2.75, 3.05) is 0 Å². The van der Waals surface area contributed by atoms with Gasteiger partial charge < -0.3 is 19.4 Å². The number of benzene rings is 2. The molecule has 1 aliphatic rings. The molecule has 392 valence electrons. The summed E-state index contributed by atoms with van der Waals surface area (Å²) >= 11 is 0. The fraction of sp³-hybridized carbons (Fsp3) is 0.642. The minimum Gasteiger partial charge on any atom is -0.493 e. The molecule has 2 unspecified atom stereocenters. The SMILES string of the molecule is C#CCC(CCCCCC)CCc1ccccc1C1=C(C#CCCCCCCC)C(CCCCCC)=C(c2ccccc2CCC(CC#C)CCCCCC)[N+]1=[N-].[CH2-]CCCCC.[CH2-]CCCCC.[Ni+2]. The van der Waals surface area contributed by atoms with Crippen LogP contribution in [0.3, 0.4) is 0 Å². The molecule has 0 amide bonds.